The van der Waals surface area contributed by atoms with Crippen molar-refractivity contribution >= 4 is 57.1 Å². The summed E-state index contributed by atoms with van der Waals surface area (Å²) >= 11 is 0. The fourth-order valence-electron chi connectivity index (χ4n) is 10.8. The molecule has 9 rings (SSSR count). The molecule has 7 N–H and O–H groups in total. The summed E-state index contributed by atoms with van der Waals surface area (Å²) in [6.45, 7) is 13.1. The number of amides is 1. The van der Waals surface area contributed by atoms with Gasteiger partial charge in [0, 0.05) is 97.4 Å². The van der Waals surface area contributed by atoms with Crippen LogP contribution in [0.4, 0.5) is 15.8 Å². The van der Waals surface area contributed by atoms with Crippen molar-refractivity contribution in [2.45, 2.75) is 111 Å². The van der Waals surface area contributed by atoms with Gasteiger partial charge >= 0.3 is 11.9 Å². The van der Waals surface area contributed by atoms with E-state index >= 15 is 4.39 Å². The number of esters is 1. The minimum Gasteiger partial charge on any atom is -0.507 e. The third-order valence-corrected chi connectivity index (χ3v) is 15.5. The van der Waals surface area contributed by atoms with Crippen LogP contribution in [-0.4, -0.2) is 128 Å². The summed E-state index contributed by atoms with van der Waals surface area (Å²) in [5, 5.41) is 81.0. The Balaban J connectivity index is 1.20. The van der Waals surface area contributed by atoms with Crippen molar-refractivity contribution in [3.63, 3.8) is 0 Å². The van der Waals surface area contributed by atoms with Gasteiger partial charge in [0.1, 0.15) is 34.7 Å². The van der Waals surface area contributed by atoms with Crippen molar-refractivity contribution < 1.29 is 68.4 Å². The molecule has 1 saturated heterocycles. The van der Waals surface area contributed by atoms with Crippen LogP contribution >= 0.6 is 0 Å². The van der Waals surface area contributed by atoms with E-state index in [0.29, 0.717) is 5.52 Å². The Morgan fingerprint density at radius 2 is 1.62 bits per heavy atom. The second kappa shape index (κ2) is 21.8. The van der Waals surface area contributed by atoms with Crippen molar-refractivity contribution in [1.82, 2.24) is 9.58 Å². The number of anilines is 2. The number of nitroso groups, excluding NO2 is 1. The summed E-state index contributed by atoms with van der Waals surface area (Å²) in [6.07, 6.45) is 7.25. The topological polar surface area (TPSA) is 292 Å². The third-order valence-electron chi connectivity index (χ3n) is 15.5. The number of fused-ring (bicyclic) bond motifs is 15. The van der Waals surface area contributed by atoms with Crippen LogP contribution in [0.3, 0.4) is 0 Å². The number of carbonyl (C=O) groups excluding carboxylic acids is 2. The van der Waals surface area contributed by atoms with Gasteiger partial charge in [-0.25, -0.2) is 9.18 Å². The molecule has 5 heterocycles. The number of aromatic nitrogens is 1. The summed E-state index contributed by atoms with van der Waals surface area (Å²) in [5.41, 5.74) is -1.23. The smallest absolute Gasteiger partial charge is 0.341 e. The van der Waals surface area contributed by atoms with Gasteiger partial charge in [-0.1, -0.05) is 51.1 Å². The van der Waals surface area contributed by atoms with Gasteiger partial charge in [-0.05, 0) is 44.9 Å². The summed E-state index contributed by atoms with van der Waals surface area (Å²) < 4.78 is 41.7. The average molecular weight is 1070 g/mol. The van der Waals surface area contributed by atoms with E-state index in [1.165, 1.54) is 71.7 Å². The second-order valence-electron chi connectivity index (χ2n) is 20.7. The number of carboxylic acid groups (broad SMARTS) is 1. The number of hydrogen-bond donors (Lipinski definition) is 7. The predicted molar refractivity (Wildman–Crippen MR) is 283 cm³/mol. The summed E-state index contributed by atoms with van der Waals surface area (Å²) in [5.74, 6) is -10.2. The standard InChI is InChI=1S/C55H65FN6O15/c1-25-11-10-12-26(2)53(70)58-43-34(23-57-61-18-16-60(17-19-61)38-22-37-33(21-36(38)56)47(67)35(54(71)72)24-62(37)32-13-14-32)48(68)40-41(49(43)69)46(66)30(6)51-42(40)52(59-73)55(8,77-51)75-20-15-39(74-9)27(3)50(76-31(7)63)29(5)45(65)28(4)44(25)64/h10-12,15,20-25,27-29,32,39,44-45,50,52,64-66,68-69H,13-14,16-19H2,1-9H3,(H,58,70)(H,71,72)/t25-,27+,28+,29+,39-,44-,45+,50+,52?,55-/m0/s1. The number of nitrogens with one attached hydrogen (secondary N) is 1. The number of ether oxygens (including phenoxy) is 4. The van der Waals surface area contributed by atoms with Gasteiger partial charge in [0.05, 0.1) is 71.7 Å². The molecule has 3 aromatic carbocycles. The number of phenols is 3. The van der Waals surface area contributed by atoms with Crippen LogP contribution in [0.15, 0.2) is 69.5 Å². The quantitative estimate of drug-likeness (QED) is 0.0307. The fourth-order valence-corrected chi connectivity index (χ4v) is 10.8. The highest BCUT2D eigenvalue weighted by Gasteiger charge is 2.52. The lowest BCUT2D eigenvalue weighted by Crippen LogP contribution is -2.46. The number of pyridine rings is 1. The monoisotopic (exact) mass is 1070 g/mol. The number of hydrazone groups is 1. The van der Waals surface area contributed by atoms with Gasteiger partial charge in [-0.3, -0.25) is 19.4 Å². The molecule has 5 bridgehead atoms. The molecule has 21 nitrogen and oxygen atoms in total. The Morgan fingerprint density at radius 1 is 0.935 bits per heavy atom. The first-order valence-corrected chi connectivity index (χ1v) is 25.4. The van der Waals surface area contributed by atoms with E-state index in [9.17, 15) is 54.7 Å². The molecular weight excluding hydrogens is 1000 g/mol. The molecule has 5 aliphatic rings. The number of benzene rings is 3. The molecule has 4 aliphatic heterocycles. The number of methoxy groups -OCH3 is 1. The highest BCUT2D eigenvalue weighted by atomic mass is 19.1. The van der Waals surface area contributed by atoms with E-state index in [1.807, 2.05) is 0 Å². The van der Waals surface area contributed by atoms with Crippen LogP contribution < -0.4 is 20.4 Å². The summed E-state index contributed by atoms with van der Waals surface area (Å²) in [6, 6.07) is 0.990. The lowest BCUT2D eigenvalue weighted by molar-refractivity contribution is -0.160. The van der Waals surface area contributed by atoms with E-state index in [-0.39, 0.29) is 87.8 Å². The molecule has 4 aromatic rings. The second-order valence-corrected chi connectivity index (χ2v) is 20.7. The zero-order chi connectivity index (χ0) is 56.1. The molecule has 412 valence electrons. The molecule has 77 heavy (non-hydrogen) atoms. The van der Waals surface area contributed by atoms with Gasteiger partial charge in [0.2, 0.25) is 5.43 Å². The zero-order valence-corrected chi connectivity index (χ0v) is 44.2. The van der Waals surface area contributed by atoms with Crippen LogP contribution in [0.1, 0.15) is 100 Å². The lowest BCUT2D eigenvalue weighted by Gasteiger charge is -2.38. The number of aromatic hydroxyl groups is 3. The van der Waals surface area contributed by atoms with Crippen molar-refractivity contribution in [2.75, 3.05) is 43.5 Å². The minimum absolute atomic E-state index is 0.0184. The third kappa shape index (κ3) is 10.4. The van der Waals surface area contributed by atoms with Gasteiger partial charge in [0.25, 0.3) is 11.7 Å². The first kappa shape index (κ1) is 55.7. The average Bonchev–Trinajstić information content (AvgIpc) is 4.42. The van der Waals surface area contributed by atoms with Gasteiger partial charge in [-0.2, -0.15) is 5.10 Å². The Morgan fingerprint density at radius 3 is 2.25 bits per heavy atom. The van der Waals surface area contributed by atoms with Crippen LogP contribution in [-0.2, 0) is 23.8 Å². The normalized spacial score (nSPS) is 27.5. The predicted octanol–water partition coefficient (Wildman–Crippen LogP) is 7.02. The molecular formula is C55H65FN6O15. The lowest BCUT2D eigenvalue weighted by atomic mass is 9.78. The number of carboxylic acids is 1. The first-order valence-electron chi connectivity index (χ1n) is 25.4. The van der Waals surface area contributed by atoms with Crippen LogP contribution in [0.2, 0.25) is 0 Å². The highest BCUT2D eigenvalue weighted by Crippen LogP contribution is 2.59. The van der Waals surface area contributed by atoms with Crippen molar-refractivity contribution in [3.8, 4) is 23.0 Å². The highest BCUT2D eigenvalue weighted by molar-refractivity contribution is 6.16. The van der Waals surface area contributed by atoms with Crippen molar-refractivity contribution in [1.29, 1.82) is 0 Å². The Hall–Kier alpha value is -7.56. The number of nitrogens with zero attached hydrogens (tertiary/aromatic N) is 5. The molecule has 1 saturated carbocycles. The van der Waals surface area contributed by atoms with Crippen molar-refractivity contribution in [2.24, 2.45) is 33.9 Å². The number of rotatable bonds is 8. The first-order chi connectivity index (χ1) is 36.4. The molecule has 2 fully saturated rings. The Bertz CT molecular complexity index is 3220. The number of aliphatic hydroxyl groups excluding tert-OH is 2. The maximum absolute atomic E-state index is 15.9. The van der Waals surface area contributed by atoms with Crippen LogP contribution in [0, 0.1) is 41.3 Å². The Kier molecular flexibility index (Phi) is 15.8. The molecule has 10 atom stereocenters. The fraction of sp³-hybridized carbons (Fsp3) is 0.473. The molecule has 1 amide bonds. The number of aliphatic hydroxyl groups is 2. The SMILES string of the molecule is CO[C@H]1C=CO[C@@]2(C)Oc3c(C)c(O)c4c(O)c(c(C=NN5CCN(c6cc7c(cc6F)c(=O)c(C(=O)O)cn7C6CC6)CC5)c(O)c4c3C2N=O)NC(=O)C(C)=CC=C[C@H](C)[C@H](O)[C@@H](C)[C@@H](O)[C@@H](C)[C@H](OC(C)=O)[C@@H]1C. The number of piperazine rings is 1. The molecule has 0 radical (unpaired) electrons. The maximum Gasteiger partial charge on any atom is 0.341 e. The van der Waals surface area contributed by atoms with Crippen LogP contribution in [0.25, 0.3) is 21.7 Å². The van der Waals surface area contributed by atoms with Gasteiger partial charge in [-0.15, -0.1) is 4.91 Å². The van der Waals surface area contributed by atoms with Crippen molar-refractivity contribution in [3.05, 3.63) is 97.7 Å². The summed E-state index contributed by atoms with van der Waals surface area (Å²) in [7, 11) is 1.41. The number of aromatic carboxylic acids is 1. The largest absolute Gasteiger partial charge is 0.507 e. The number of halogens is 1. The number of hydrogen-bond acceptors (Lipinski definition) is 18. The molecule has 1 aromatic heterocycles. The summed E-state index contributed by atoms with van der Waals surface area (Å²) in [4.78, 5) is 66.4. The molecule has 0 spiro atoms. The molecule has 1 aliphatic carbocycles. The van der Waals surface area contributed by atoms with E-state index in [0.717, 1.165) is 18.9 Å². The minimum atomic E-state index is -1.97. The van der Waals surface area contributed by atoms with E-state index < -0.39 is 112 Å². The maximum atomic E-state index is 15.9. The number of phenolic OH excluding ortho intramolecular Hbond substituents is 3. The van der Waals surface area contributed by atoms with Gasteiger partial charge < -0.3 is 64.4 Å². The van der Waals surface area contributed by atoms with E-state index in [4.69, 9.17) is 18.9 Å². The molecule has 22 heteroatoms. The Labute approximate surface area is 442 Å². The van der Waals surface area contributed by atoms with E-state index in [2.05, 4.69) is 15.6 Å². The number of carbonyl (C=O) groups is 3. The van der Waals surface area contributed by atoms with Crippen LogP contribution in [0.5, 0.6) is 23.0 Å². The number of allylic oxidation sites excluding steroid dienone is 2. The zero-order valence-electron chi connectivity index (χ0n) is 44.2. The molecule has 1 unspecified atom stereocenters. The van der Waals surface area contributed by atoms with E-state index in [1.54, 1.807) is 54.3 Å². The van der Waals surface area contributed by atoms with Gasteiger partial charge in [0.15, 0.2) is 11.8 Å².